The van der Waals surface area contributed by atoms with Crippen LogP contribution >= 0.6 is 0 Å². The Hall–Kier alpha value is -6.44. The van der Waals surface area contributed by atoms with Crippen LogP contribution in [0.1, 0.15) is 11.1 Å². The molecule has 9 aromatic rings. The monoisotopic (exact) mass is 651 g/mol. The molecule has 0 unspecified atom stereocenters. The van der Waals surface area contributed by atoms with Crippen LogP contribution in [0.25, 0.3) is 65.7 Å². The fourth-order valence-corrected chi connectivity index (χ4v) is 7.71. The van der Waals surface area contributed by atoms with Gasteiger partial charge in [-0.3, -0.25) is 0 Å². The molecule has 9 rings (SSSR count). The van der Waals surface area contributed by atoms with Crippen LogP contribution in [0, 0.1) is 13.8 Å². The fourth-order valence-electron chi connectivity index (χ4n) is 7.71. The molecule has 0 saturated heterocycles. The first kappa shape index (κ1) is 30.6. The van der Waals surface area contributed by atoms with Crippen LogP contribution in [0.2, 0.25) is 0 Å². The second-order valence-corrected chi connectivity index (χ2v) is 13.5. The quantitative estimate of drug-likeness (QED) is 0.162. The summed E-state index contributed by atoms with van der Waals surface area (Å²) < 4.78 is 0. The maximum atomic E-state index is 2.43. The van der Waals surface area contributed by atoms with Crippen molar-refractivity contribution in [3.05, 3.63) is 199 Å². The normalized spacial score (nSPS) is 11.3. The number of hydrogen-bond acceptors (Lipinski definition) is 1. The largest absolute Gasteiger partial charge is 0.310 e. The first-order valence-corrected chi connectivity index (χ1v) is 17.7. The lowest BCUT2D eigenvalue weighted by molar-refractivity contribution is 1.27. The third kappa shape index (κ3) is 5.44. The molecule has 1 heteroatoms. The Balaban J connectivity index is 1.45. The molecule has 0 amide bonds. The summed E-state index contributed by atoms with van der Waals surface area (Å²) in [6.07, 6.45) is 0. The molecule has 0 aliphatic carbocycles. The molecule has 242 valence electrons. The summed E-state index contributed by atoms with van der Waals surface area (Å²) in [5.74, 6) is 0. The van der Waals surface area contributed by atoms with Gasteiger partial charge >= 0.3 is 0 Å². The molecule has 0 spiro atoms. The molecule has 0 fully saturated rings. The van der Waals surface area contributed by atoms with Gasteiger partial charge in [-0.05, 0) is 122 Å². The highest BCUT2D eigenvalue weighted by Crippen LogP contribution is 2.50. The Morgan fingerprint density at radius 3 is 1.33 bits per heavy atom. The minimum atomic E-state index is 1.13. The molecule has 0 aliphatic heterocycles. The Labute approximate surface area is 299 Å². The molecule has 1 nitrogen and oxygen atoms in total. The summed E-state index contributed by atoms with van der Waals surface area (Å²) in [5.41, 5.74) is 13.3. The van der Waals surface area contributed by atoms with Gasteiger partial charge in [0, 0.05) is 17.1 Å². The van der Waals surface area contributed by atoms with Gasteiger partial charge in [0.2, 0.25) is 0 Å². The van der Waals surface area contributed by atoms with Gasteiger partial charge in [-0.1, -0.05) is 157 Å². The van der Waals surface area contributed by atoms with E-state index in [2.05, 4.69) is 207 Å². The smallest absolute Gasteiger partial charge is 0.0468 e. The zero-order chi connectivity index (χ0) is 34.3. The van der Waals surface area contributed by atoms with Crippen LogP contribution in [0.15, 0.2) is 188 Å². The molecule has 0 bridgehead atoms. The minimum Gasteiger partial charge on any atom is -0.310 e. The summed E-state index contributed by atoms with van der Waals surface area (Å²) >= 11 is 0. The van der Waals surface area contributed by atoms with E-state index in [1.54, 1.807) is 0 Å². The first-order chi connectivity index (χ1) is 25.1. The van der Waals surface area contributed by atoms with Gasteiger partial charge in [-0.25, -0.2) is 0 Å². The van der Waals surface area contributed by atoms with Crippen molar-refractivity contribution < 1.29 is 0 Å². The Morgan fingerprint density at radius 1 is 0.314 bits per heavy atom. The minimum absolute atomic E-state index is 1.13. The number of aryl methyl sites for hydroxylation is 2. The molecule has 0 atom stereocenters. The lowest BCUT2D eigenvalue weighted by Crippen LogP contribution is -2.10. The van der Waals surface area contributed by atoms with Crippen LogP contribution in [0.4, 0.5) is 17.1 Å². The van der Waals surface area contributed by atoms with Crippen LogP contribution in [-0.2, 0) is 0 Å². The topological polar surface area (TPSA) is 3.24 Å². The van der Waals surface area contributed by atoms with Crippen molar-refractivity contribution in [2.45, 2.75) is 13.8 Å². The van der Waals surface area contributed by atoms with Crippen LogP contribution < -0.4 is 4.90 Å². The maximum absolute atomic E-state index is 2.43. The van der Waals surface area contributed by atoms with Crippen molar-refractivity contribution >= 4 is 49.4 Å². The second kappa shape index (κ2) is 12.8. The summed E-state index contributed by atoms with van der Waals surface area (Å²) in [6.45, 7) is 4.29. The molecule has 0 aromatic heterocycles. The van der Waals surface area contributed by atoms with E-state index in [1.165, 1.54) is 76.8 Å². The molecule has 0 saturated carbocycles. The van der Waals surface area contributed by atoms with Gasteiger partial charge < -0.3 is 4.90 Å². The zero-order valence-corrected chi connectivity index (χ0v) is 28.8. The third-order valence-electron chi connectivity index (χ3n) is 10.2. The predicted molar refractivity (Wildman–Crippen MR) is 219 cm³/mol. The summed E-state index contributed by atoms with van der Waals surface area (Å²) in [7, 11) is 0. The van der Waals surface area contributed by atoms with E-state index in [9.17, 15) is 0 Å². The Morgan fingerprint density at radius 2 is 0.765 bits per heavy atom. The highest BCUT2D eigenvalue weighted by molar-refractivity contribution is 6.33. The zero-order valence-electron chi connectivity index (χ0n) is 28.8. The van der Waals surface area contributed by atoms with E-state index in [0.717, 1.165) is 17.1 Å². The van der Waals surface area contributed by atoms with Gasteiger partial charge in [0.15, 0.2) is 0 Å². The standard InChI is InChI=1S/C50H37N/c1-34-22-26-39(27-23-34)51(40-28-24-35(2)25-29-40)41-30-31-44-47(32-41)42-20-12-13-21-43(42)49-46(37-16-8-4-9-17-37)33-45(36-14-6-3-7-15-36)48(50(44)49)38-18-10-5-11-19-38/h3-33H,1-2H3. The summed E-state index contributed by atoms with van der Waals surface area (Å²) in [5, 5.41) is 7.54. The number of rotatable bonds is 6. The highest BCUT2D eigenvalue weighted by Gasteiger charge is 2.22. The van der Waals surface area contributed by atoms with E-state index in [-0.39, 0.29) is 0 Å². The van der Waals surface area contributed by atoms with Gasteiger partial charge in [-0.2, -0.15) is 0 Å². The molecule has 51 heavy (non-hydrogen) atoms. The van der Waals surface area contributed by atoms with Crippen molar-refractivity contribution in [1.82, 2.24) is 0 Å². The van der Waals surface area contributed by atoms with Crippen molar-refractivity contribution in [3.8, 4) is 33.4 Å². The lowest BCUT2D eigenvalue weighted by atomic mass is 9.81. The number of benzene rings is 9. The highest BCUT2D eigenvalue weighted by atomic mass is 15.1. The first-order valence-electron chi connectivity index (χ1n) is 17.7. The average molecular weight is 652 g/mol. The Bertz CT molecular complexity index is 2610. The van der Waals surface area contributed by atoms with Gasteiger partial charge in [0.25, 0.3) is 0 Å². The van der Waals surface area contributed by atoms with E-state index in [0.29, 0.717) is 0 Å². The molecule has 0 aliphatic rings. The van der Waals surface area contributed by atoms with E-state index in [4.69, 9.17) is 0 Å². The lowest BCUT2D eigenvalue weighted by Gasteiger charge is -2.27. The number of hydrogen-bond donors (Lipinski definition) is 0. The predicted octanol–water partition coefficient (Wildman–Crippen LogP) is 14.2. The van der Waals surface area contributed by atoms with E-state index < -0.39 is 0 Å². The summed E-state index contributed by atoms with van der Waals surface area (Å²) in [4.78, 5) is 2.38. The molecular formula is C50H37N. The third-order valence-corrected chi connectivity index (χ3v) is 10.2. The van der Waals surface area contributed by atoms with Gasteiger partial charge in [0.1, 0.15) is 0 Å². The fraction of sp³-hybridized carbons (Fsp3) is 0.0400. The molecular weight excluding hydrogens is 615 g/mol. The van der Waals surface area contributed by atoms with Crippen LogP contribution in [-0.4, -0.2) is 0 Å². The maximum Gasteiger partial charge on any atom is 0.0468 e. The van der Waals surface area contributed by atoms with Gasteiger partial charge in [-0.15, -0.1) is 0 Å². The number of fused-ring (bicyclic) bond motifs is 6. The van der Waals surface area contributed by atoms with Crippen molar-refractivity contribution in [2.24, 2.45) is 0 Å². The van der Waals surface area contributed by atoms with Crippen LogP contribution in [0.5, 0.6) is 0 Å². The SMILES string of the molecule is Cc1ccc(N(c2ccc(C)cc2)c2ccc3c(c2)c2ccccc2c2c(-c4ccccc4)cc(-c4ccccc4)c(-c4ccccc4)c32)cc1. The molecule has 9 aromatic carbocycles. The van der Waals surface area contributed by atoms with Gasteiger partial charge in [0.05, 0.1) is 0 Å². The van der Waals surface area contributed by atoms with Crippen molar-refractivity contribution in [2.75, 3.05) is 4.90 Å². The molecule has 0 heterocycles. The van der Waals surface area contributed by atoms with Crippen molar-refractivity contribution in [1.29, 1.82) is 0 Å². The number of anilines is 3. The van der Waals surface area contributed by atoms with Crippen LogP contribution in [0.3, 0.4) is 0 Å². The van der Waals surface area contributed by atoms with E-state index in [1.807, 2.05) is 0 Å². The molecule has 0 radical (unpaired) electrons. The van der Waals surface area contributed by atoms with Crippen molar-refractivity contribution in [3.63, 3.8) is 0 Å². The summed E-state index contributed by atoms with van der Waals surface area (Å²) in [6, 6.07) is 68.9. The second-order valence-electron chi connectivity index (χ2n) is 13.5. The van der Waals surface area contributed by atoms with E-state index >= 15 is 0 Å². The number of nitrogens with zero attached hydrogens (tertiary/aromatic N) is 1. The molecule has 0 N–H and O–H groups in total. The average Bonchev–Trinajstić information content (AvgIpc) is 3.20. The Kier molecular flexibility index (Phi) is 7.67.